The highest BCUT2D eigenvalue weighted by molar-refractivity contribution is 7.10. The zero-order valence-electron chi connectivity index (χ0n) is 15.9. The predicted molar refractivity (Wildman–Crippen MR) is 103 cm³/mol. The lowest BCUT2D eigenvalue weighted by atomic mass is 9.76. The highest BCUT2D eigenvalue weighted by atomic mass is 32.1. The van der Waals surface area contributed by atoms with Gasteiger partial charge >= 0.3 is 5.97 Å². The summed E-state index contributed by atoms with van der Waals surface area (Å²) in [7, 11) is 0. The Hall–Kier alpha value is -2.15. The van der Waals surface area contributed by atoms with Crippen molar-refractivity contribution >= 4 is 29.1 Å². The van der Waals surface area contributed by atoms with E-state index < -0.39 is 23.7 Å². The monoisotopic (exact) mass is 390 g/mol. The summed E-state index contributed by atoms with van der Waals surface area (Å²) in [6.07, 6.45) is 3.69. The van der Waals surface area contributed by atoms with Crippen LogP contribution in [0.15, 0.2) is 16.5 Å². The smallest absolute Gasteiger partial charge is 0.307 e. The number of hydrogen-bond donors (Lipinski definition) is 3. The average Bonchev–Trinajstić information content (AvgIpc) is 3.04. The molecule has 7 heteroatoms. The van der Waals surface area contributed by atoms with Gasteiger partial charge in [-0.05, 0) is 57.4 Å². The lowest BCUT2D eigenvalue weighted by Gasteiger charge is -2.29. The van der Waals surface area contributed by atoms with E-state index in [4.69, 9.17) is 0 Å². The first-order valence-electron chi connectivity index (χ1n) is 9.35. The highest BCUT2D eigenvalue weighted by Crippen LogP contribution is 2.35. The van der Waals surface area contributed by atoms with Crippen molar-refractivity contribution in [2.75, 3.05) is 0 Å². The molecule has 0 aliphatic heterocycles. The van der Waals surface area contributed by atoms with E-state index in [1.165, 1.54) is 4.88 Å². The van der Waals surface area contributed by atoms with Gasteiger partial charge in [0.25, 0.3) is 5.91 Å². The van der Waals surface area contributed by atoms with E-state index in [1.54, 1.807) is 11.3 Å². The van der Waals surface area contributed by atoms with Crippen molar-refractivity contribution in [2.45, 2.75) is 52.9 Å². The summed E-state index contributed by atoms with van der Waals surface area (Å²) in [6.45, 7) is 6.04. The Morgan fingerprint density at radius 2 is 1.74 bits per heavy atom. The third-order valence-corrected chi connectivity index (χ3v) is 6.92. The van der Waals surface area contributed by atoms with Gasteiger partial charge < -0.3 is 5.11 Å². The van der Waals surface area contributed by atoms with Crippen molar-refractivity contribution < 1.29 is 19.5 Å². The minimum atomic E-state index is -0.977. The topological polar surface area (TPSA) is 95.5 Å². The molecule has 0 spiro atoms. The summed E-state index contributed by atoms with van der Waals surface area (Å²) in [5.41, 5.74) is 8.71. The molecular formula is C20H26N2O4S. The summed E-state index contributed by atoms with van der Waals surface area (Å²) in [6, 6.07) is 0. The summed E-state index contributed by atoms with van der Waals surface area (Å²) in [5, 5.41) is 11.3. The van der Waals surface area contributed by atoms with Crippen LogP contribution >= 0.6 is 11.3 Å². The first-order chi connectivity index (χ1) is 12.8. The molecule has 3 rings (SSSR count). The van der Waals surface area contributed by atoms with Crippen LogP contribution in [0.5, 0.6) is 0 Å². The molecule has 2 amide bonds. The molecular weight excluding hydrogens is 364 g/mol. The van der Waals surface area contributed by atoms with Crippen LogP contribution in [0.2, 0.25) is 0 Å². The van der Waals surface area contributed by atoms with E-state index >= 15 is 0 Å². The van der Waals surface area contributed by atoms with Crippen LogP contribution in [0, 0.1) is 17.8 Å². The zero-order chi connectivity index (χ0) is 19.7. The number of hydrogen-bond acceptors (Lipinski definition) is 4. The normalized spacial score (nSPS) is 24.9. The summed E-state index contributed by atoms with van der Waals surface area (Å²) < 4.78 is 0. The Kier molecular flexibility index (Phi) is 5.69. The van der Waals surface area contributed by atoms with Gasteiger partial charge in [0, 0.05) is 10.3 Å². The molecule has 3 atom stereocenters. The molecule has 0 fully saturated rings. The van der Waals surface area contributed by atoms with Gasteiger partial charge in [-0.1, -0.05) is 18.1 Å². The Balaban J connectivity index is 1.65. The molecule has 27 heavy (non-hydrogen) atoms. The second-order valence-electron chi connectivity index (χ2n) is 7.86. The van der Waals surface area contributed by atoms with Gasteiger partial charge in [-0.15, -0.1) is 11.3 Å². The first kappa shape index (κ1) is 19.6. The molecule has 3 N–H and O–H groups in total. The molecule has 1 aromatic rings. The summed E-state index contributed by atoms with van der Waals surface area (Å²) in [5.74, 6) is -2.56. The number of aliphatic carboxylic acids is 1. The average molecular weight is 391 g/mol. The second-order valence-corrected chi connectivity index (χ2v) is 8.83. The molecule has 146 valence electrons. The largest absolute Gasteiger partial charge is 0.481 e. The van der Waals surface area contributed by atoms with Crippen LogP contribution in [0.1, 0.15) is 60.8 Å². The fourth-order valence-electron chi connectivity index (χ4n) is 3.97. The van der Waals surface area contributed by atoms with Crippen molar-refractivity contribution in [3.8, 4) is 0 Å². The van der Waals surface area contributed by atoms with Crippen LogP contribution in [-0.2, 0) is 22.4 Å². The van der Waals surface area contributed by atoms with E-state index in [1.807, 2.05) is 19.2 Å². The van der Waals surface area contributed by atoms with Crippen LogP contribution in [0.25, 0.3) is 0 Å². The van der Waals surface area contributed by atoms with Crippen molar-refractivity contribution in [2.24, 2.45) is 17.8 Å². The molecule has 0 aromatic carbocycles. The van der Waals surface area contributed by atoms with Crippen molar-refractivity contribution in [1.29, 1.82) is 0 Å². The van der Waals surface area contributed by atoms with Gasteiger partial charge in [-0.3, -0.25) is 25.2 Å². The molecule has 6 nitrogen and oxygen atoms in total. The Labute approximate surface area is 163 Å². The number of carbonyl (C=O) groups is 3. The maximum atomic E-state index is 12.6. The lowest BCUT2D eigenvalue weighted by molar-refractivity contribution is -0.147. The molecule has 2 aliphatic rings. The molecule has 3 unspecified atom stereocenters. The number of thiophene rings is 1. The van der Waals surface area contributed by atoms with E-state index in [-0.39, 0.29) is 5.91 Å². The van der Waals surface area contributed by atoms with Gasteiger partial charge in [0.15, 0.2) is 0 Å². The maximum absolute atomic E-state index is 12.6. The summed E-state index contributed by atoms with van der Waals surface area (Å²) >= 11 is 1.59. The van der Waals surface area contributed by atoms with Gasteiger partial charge in [0.1, 0.15) is 0 Å². The number of rotatable bonds is 3. The van der Waals surface area contributed by atoms with Gasteiger partial charge in [0.2, 0.25) is 5.91 Å². The third-order valence-electron chi connectivity index (χ3n) is 5.87. The quantitative estimate of drug-likeness (QED) is 0.546. The van der Waals surface area contributed by atoms with E-state index in [9.17, 15) is 19.5 Å². The van der Waals surface area contributed by atoms with Crippen molar-refractivity contribution in [1.82, 2.24) is 10.9 Å². The van der Waals surface area contributed by atoms with Gasteiger partial charge in [-0.25, -0.2) is 0 Å². The van der Waals surface area contributed by atoms with Crippen LogP contribution in [0.4, 0.5) is 0 Å². The molecule has 0 saturated heterocycles. The zero-order valence-corrected chi connectivity index (χ0v) is 16.7. The minimum absolute atomic E-state index is 0.332. The molecule has 0 radical (unpaired) electrons. The number of nitrogens with one attached hydrogen (secondary N) is 2. The number of fused-ring (bicyclic) bond motifs is 1. The molecule has 0 saturated carbocycles. The minimum Gasteiger partial charge on any atom is -0.481 e. The molecule has 0 bridgehead atoms. The lowest BCUT2D eigenvalue weighted by Crippen LogP contribution is -2.48. The fraction of sp³-hybridized carbons (Fsp3) is 0.550. The van der Waals surface area contributed by atoms with Crippen LogP contribution in [0.3, 0.4) is 0 Å². The van der Waals surface area contributed by atoms with Crippen LogP contribution < -0.4 is 10.9 Å². The number of amides is 2. The van der Waals surface area contributed by atoms with Gasteiger partial charge in [-0.2, -0.15) is 0 Å². The first-order valence-corrected chi connectivity index (χ1v) is 10.2. The number of carboxylic acid groups (broad SMARTS) is 1. The Morgan fingerprint density at radius 1 is 1.07 bits per heavy atom. The standard InChI is InChI=1S/C20H26N2O4S/c1-10-4-5-13-16(9-27-17(13)6-10)19(24)22-21-18(23)14-7-11(2)12(3)8-15(14)20(25)26/h9-10,14-15H,4-8H2,1-3H3,(H,21,23)(H,22,24)(H,25,26). The molecule has 2 aliphatic carbocycles. The van der Waals surface area contributed by atoms with Crippen LogP contribution in [-0.4, -0.2) is 22.9 Å². The number of allylic oxidation sites excluding steroid dienone is 2. The highest BCUT2D eigenvalue weighted by Gasteiger charge is 2.37. The van der Waals surface area contributed by atoms with Crippen molar-refractivity contribution in [3.63, 3.8) is 0 Å². The third kappa shape index (κ3) is 4.08. The number of carbonyl (C=O) groups excluding carboxylic acids is 2. The number of hydrazine groups is 1. The molecule has 1 aromatic heterocycles. The van der Waals surface area contributed by atoms with E-state index in [0.29, 0.717) is 24.3 Å². The Morgan fingerprint density at radius 3 is 2.41 bits per heavy atom. The SMILES string of the molecule is CC1=C(C)CC(C(=O)NNC(=O)c2csc3c2CCC(C)C3)C(C(=O)O)C1. The Bertz CT molecular complexity index is 811. The second kappa shape index (κ2) is 7.84. The number of carboxylic acids is 1. The van der Waals surface area contributed by atoms with E-state index in [0.717, 1.165) is 36.0 Å². The van der Waals surface area contributed by atoms with Gasteiger partial charge in [0.05, 0.1) is 17.4 Å². The molecule has 1 heterocycles. The van der Waals surface area contributed by atoms with E-state index in [2.05, 4.69) is 17.8 Å². The fourth-order valence-corrected chi connectivity index (χ4v) is 5.22. The summed E-state index contributed by atoms with van der Waals surface area (Å²) in [4.78, 5) is 37.9. The predicted octanol–water partition coefficient (Wildman–Crippen LogP) is 3.08. The maximum Gasteiger partial charge on any atom is 0.307 e. The van der Waals surface area contributed by atoms with Crippen molar-refractivity contribution in [3.05, 3.63) is 32.5 Å².